The molecule has 0 aromatic rings. The van der Waals surface area contributed by atoms with Crippen molar-refractivity contribution in [3.8, 4) is 0 Å². The molecule has 5 nitrogen and oxygen atoms in total. The molecule has 0 amide bonds. The summed E-state index contributed by atoms with van der Waals surface area (Å²) in [5.41, 5.74) is -1.46. The minimum absolute atomic E-state index is 0.0970. The van der Waals surface area contributed by atoms with Gasteiger partial charge >= 0.3 is 5.97 Å². The number of aliphatic hydroxyl groups is 2. The standard InChI is InChI=1S/C20H30O5/c1-12-7-5-8-19(3,22)9-6-10-20(4,23)15-11-14-13(2)18(21)25-17(14)16(12)24-15/h6,9,12,14-17,22-23H,2,5,7-8,10-11H2,1,3-4H3/b9-6-/t12-,14+,15+,16+,17-,19?,20-/m1/s1. The van der Waals surface area contributed by atoms with Gasteiger partial charge in [-0.05, 0) is 51.9 Å². The molecule has 2 N–H and O–H groups in total. The number of hydrogen-bond acceptors (Lipinski definition) is 5. The van der Waals surface area contributed by atoms with Gasteiger partial charge in [-0.2, -0.15) is 0 Å². The monoisotopic (exact) mass is 350 g/mol. The van der Waals surface area contributed by atoms with Crippen molar-refractivity contribution in [1.82, 2.24) is 0 Å². The van der Waals surface area contributed by atoms with Gasteiger partial charge in [0.15, 0.2) is 0 Å². The Labute approximate surface area is 149 Å². The highest BCUT2D eigenvalue weighted by atomic mass is 16.6. The first kappa shape index (κ1) is 18.6. The Morgan fingerprint density at radius 1 is 1.28 bits per heavy atom. The molecule has 0 aromatic heterocycles. The van der Waals surface area contributed by atoms with Crippen molar-refractivity contribution < 1.29 is 24.5 Å². The molecule has 3 heterocycles. The average molecular weight is 350 g/mol. The fourth-order valence-corrected chi connectivity index (χ4v) is 4.33. The van der Waals surface area contributed by atoms with Gasteiger partial charge in [0.25, 0.3) is 0 Å². The lowest BCUT2D eigenvalue weighted by atomic mass is 9.76. The third-order valence-corrected chi connectivity index (χ3v) is 6.07. The van der Waals surface area contributed by atoms with Crippen molar-refractivity contribution in [2.24, 2.45) is 11.8 Å². The highest BCUT2D eigenvalue weighted by Crippen LogP contribution is 2.44. The maximum atomic E-state index is 12.0. The van der Waals surface area contributed by atoms with Gasteiger partial charge in [0.1, 0.15) is 6.10 Å². The van der Waals surface area contributed by atoms with Gasteiger partial charge < -0.3 is 19.7 Å². The Bertz CT molecular complexity index is 577. The second-order valence-corrected chi connectivity index (χ2v) is 8.52. The highest BCUT2D eigenvalue weighted by molar-refractivity contribution is 5.91. The van der Waals surface area contributed by atoms with Crippen LogP contribution in [0.5, 0.6) is 0 Å². The fraction of sp³-hybridized carbons (Fsp3) is 0.750. The quantitative estimate of drug-likeness (QED) is 0.399. The average Bonchev–Trinajstić information content (AvgIpc) is 2.80. The zero-order valence-electron chi connectivity index (χ0n) is 15.4. The molecule has 0 saturated carbocycles. The minimum Gasteiger partial charge on any atom is -0.456 e. The van der Waals surface area contributed by atoms with Crippen LogP contribution < -0.4 is 0 Å². The van der Waals surface area contributed by atoms with Crippen molar-refractivity contribution in [2.75, 3.05) is 0 Å². The molecule has 3 rings (SSSR count). The lowest BCUT2D eigenvalue weighted by Gasteiger charge is -2.45. The van der Waals surface area contributed by atoms with E-state index in [9.17, 15) is 15.0 Å². The predicted molar refractivity (Wildman–Crippen MR) is 93.8 cm³/mol. The van der Waals surface area contributed by atoms with E-state index in [-0.39, 0.29) is 30.0 Å². The Morgan fingerprint density at radius 2 is 2.00 bits per heavy atom. The van der Waals surface area contributed by atoms with E-state index < -0.39 is 17.3 Å². The zero-order chi connectivity index (χ0) is 18.4. The van der Waals surface area contributed by atoms with Crippen molar-refractivity contribution in [1.29, 1.82) is 0 Å². The molecule has 0 aromatic carbocycles. The van der Waals surface area contributed by atoms with Crippen LogP contribution in [0, 0.1) is 11.8 Å². The van der Waals surface area contributed by atoms with Crippen LogP contribution >= 0.6 is 0 Å². The molecule has 0 radical (unpaired) electrons. The van der Waals surface area contributed by atoms with Crippen LogP contribution in [0.2, 0.25) is 0 Å². The van der Waals surface area contributed by atoms with E-state index in [1.54, 1.807) is 19.9 Å². The van der Waals surface area contributed by atoms with Crippen LogP contribution in [-0.2, 0) is 14.3 Å². The van der Waals surface area contributed by atoms with Gasteiger partial charge in [-0.15, -0.1) is 0 Å². The predicted octanol–water partition coefficient (Wildman–Crippen LogP) is 2.51. The lowest BCUT2D eigenvalue weighted by Crippen LogP contribution is -2.54. The summed E-state index contributed by atoms with van der Waals surface area (Å²) in [7, 11) is 0. The second-order valence-electron chi connectivity index (χ2n) is 8.52. The number of carbonyl (C=O) groups is 1. The third-order valence-electron chi connectivity index (χ3n) is 6.07. The van der Waals surface area contributed by atoms with E-state index in [0.717, 1.165) is 12.8 Å². The Balaban J connectivity index is 1.92. The molecule has 7 atom stereocenters. The molecule has 3 aliphatic heterocycles. The van der Waals surface area contributed by atoms with Gasteiger partial charge in [-0.3, -0.25) is 0 Å². The number of hydrogen-bond donors (Lipinski definition) is 2. The molecular weight excluding hydrogens is 320 g/mol. The smallest absolute Gasteiger partial charge is 0.334 e. The molecule has 5 heteroatoms. The first-order valence-electron chi connectivity index (χ1n) is 9.28. The van der Waals surface area contributed by atoms with Gasteiger partial charge in [0.05, 0.1) is 23.4 Å². The first-order valence-corrected chi connectivity index (χ1v) is 9.28. The van der Waals surface area contributed by atoms with Crippen molar-refractivity contribution >= 4 is 5.97 Å². The Morgan fingerprint density at radius 3 is 2.72 bits per heavy atom. The summed E-state index contributed by atoms with van der Waals surface area (Å²) in [6.07, 6.45) is 5.89. The van der Waals surface area contributed by atoms with Crippen LogP contribution in [0.3, 0.4) is 0 Å². The molecule has 2 saturated heterocycles. The highest BCUT2D eigenvalue weighted by Gasteiger charge is 2.53. The molecule has 2 bridgehead atoms. The van der Waals surface area contributed by atoms with E-state index in [1.165, 1.54) is 0 Å². The van der Waals surface area contributed by atoms with Gasteiger partial charge in [-0.25, -0.2) is 4.79 Å². The first-order chi connectivity index (χ1) is 11.6. The summed E-state index contributed by atoms with van der Waals surface area (Å²) < 4.78 is 11.8. The molecule has 25 heavy (non-hydrogen) atoms. The Hall–Kier alpha value is -1.17. The van der Waals surface area contributed by atoms with Crippen molar-refractivity contribution in [2.45, 2.75) is 82.4 Å². The SMILES string of the molecule is C=C1C(=O)O[C@H]2[C@H]3O[C@@H](C[C@@H]12)[C@](C)(O)C/C=C\C(C)(O)CCC[C@H]3C. The van der Waals surface area contributed by atoms with E-state index in [2.05, 4.69) is 13.5 Å². The second kappa shape index (κ2) is 6.53. The van der Waals surface area contributed by atoms with E-state index >= 15 is 0 Å². The maximum Gasteiger partial charge on any atom is 0.334 e. The maximum absolute atomic E-state index is 12.0. The molecule has 140 valence electrons. The zero-order valence-corrected chi connectivity index (χ0v) is 15.4. The van der Waals surface area contributed by atoms with Gasteiger partial charge in [0.2, 0.25) is 0 Å². The van der Waals surface area contributed by atoms with E-state index in [0.29, 0.717) is 24.8 Å². The summed E-state index contributed by atoms with van der Waals surface area (Å²) in [5.74, 6) is -0.285. The van der Waals surface area contributed by atoms with Crippen LogP contribution in [-0.4, -0.2) is 45.7 Å². The van der Waals surface area contributed by atoms with Crippen LogP contribution in [0.25, 0.3) is 0 Å². The molecule has 1 unspecified atom stereocenters. The van der Waals surface area contributed by atoms with Crippen molar-refractivity contribution in [3.05, 3.63) is 24.3 Å². The van der Waals surface area contributed by atoms with E-state index in [4.69, 9.17) is 9.47 Å². The number of fused-ring (bicyclic) bond motifs is 4. The summed E-state index contributed by atoms with van der Waals surface area (Å²) in [4.78, 5) is 12.0. The van der Waals surface area contributed by atoms with Crippen LogP contribution in [0.1, 0.15) is 52.9 Å². The van der Waals surface area contributed by atoms with E-state index in [1.807, 2.05) is 6.08 Å². The van der Waals surface area contributed by atoms with Crippen molar-refractivity contribution in [3.63, 3.8) is 0 Å². The molecule has 2 fully saturated rings. The van der Waals surface area contributed by atoms with Gasteiger partial charge in [-0.1, -0.05) is 25.7 Å². The van der Waals surface area contributed by atoms with Crippen LogP contribution in [0.15, 0.2) is 24.3 Å². The fourth-order valence-electron chi connectivity index (χ4n) is 4.33. The summed E-state index contributed by atoms with van der Waals surface area (Å²) >= 11 is 0. The topological polar surface area (TPSA) is 76.0 Å². The summed E-state index contributed by atoms with van der Waals surface area (Å²) in [5, 5.41) is 21.4. The largest absolute Gasteiger partial charge is 0.456 e. The molecule has 3 aliphatic rings. The van der Waals surface area contributed by atoms with Gasteiger partial charge in [0, 0.05) is 11.5 Å². The molecule has 0 spiro atoms. The Kier molecular flexibility index (Phi) is 4.86. The normalized spacial score (nSPS) is 49.6. The number of carbonyl (C=O) groups excluding carboxylic acids is 1. The van der Waals surface area contributed by atoms with Crippen LogP contribution in [0.4, 0.5) is 0 Å². The number of rotatable bonds is 0. The summed E-state index contributed by atoms with van der Waals surface area (Å²) in [6, 6.07) is 0. The summed E-state index contributed by atoms with van der Waals surface area (Å²) in [6.45, 7) is 9.55. The molecule has 0 aliphatic carbocycles. The number of ether oxygens (including phenoxy) is 2. The number of esters is 1. The lowest BCUT2D eigenvalue weighted by molar-refractivity contribution is -0.206. The minimum atomic E-state index is -1.08. The third kappa shape index (κ3) is 3.69. The molecular formula is C20H30O5.